The average Bonchev–Trinajstić information content (AvgIpc) is 3.22. The molecule has 9 heteroatoms. The molecular formula is C21H27N3O4S2. The van der Waals surface area contributed by atoms with E-state index in [9.17, 15) is 18.0 Å². The van der Waals surface area contributed by atoms with Gasteiger partial charge in [0.05, 0.1) is 9.77 Å². The lowest BCUT2D eigenvalue weighted by Gasteiger charge is -2.34. The van der Waals surface area contributed by atoms with E-state index < -0.39 is 16.1 Å². The molecule has 30 heavy (non-hydrogen) atoms. The Labute approximate surface area is 181 Å². The fraction of sp³-hybridized carbons (Fsp3) is 0.429. The maximum atomic E-state index is 12.9. The van der Waals surface area contributed by atoms with Crippen LogP contribution in [-0.2, 0) is 14.8 Å². The van der Waals surface area contributed by atoms with Crippen LogP contribution in [0.4, 0.5) is 5.69 Å². The standard InChI is InChI=1S/C21H27N3O4S2/c1-14-11-15(2)13-24(12-14)30(27,28)18-8-6-17(7-9-18)23-20(25)16(3)22-21(26)19-5-4-10-29-19/h4-10,14-16H,11-13H2,1-3H3,(H,22,26)(H,23,25)/t14-,15-,16+/m1/s1. The molecule has 0 saturated carbocycles. The zero-order valence-electron chi connectivity index (χ0n) is 17.3. The van der Waals surface area contributed by atoms with Gasteiger partial charge < -0.3 is 10.6 Å². The molecule has 1 saturated heterocycles. The Kier molecular flexibility index (Phi) is 6.95. The molecule has 1 fully saturated rings. The van der Waals surface area contributed by atoms with Gasteiger partial charge in [-0.15, -0.1) is 11.3 Å². The van der Waals surface area contributed by atoms with E-state index in [4.69, 9.17) is 0 Å². The molecule has 2 aromatic rings. The van der Waals surface area contributed by atoms with Crippen LogP contribution in [0.15, 0.2) is 46.7 Å². The highest BCUT2D eigenvalue weighted by molar-refractivity contribution is 7.89. The Morgan fingerprint density at radius 1 is 1.10 bits per heavy atom. The van der Waals surface area contributed by atoms with Gasteiger partial charge in [0, 0.05) is 18.8 Å². The Hall–Kier alpha value is -2.23. The number of thiophene rings is 1. The smallest absolute Gasteiger partial charge is 0.261 e. The van der Waals surface area contributed by atoms with E-state index in [1.54, 1.807) is 40.9 Å². The number of piperidine rings is 1. The number of carbonyl (C=O) groups excluding carboxylic acids is 2. The molecule has 3 atom stereocenters. The Morgan fingerprint density at radius 2 is 1.73 bits per heavy atom. The second-order valence-corrected chi connectivity index (χ2v) is 10.8. The fourth-order valence-corrected chi connectivity index (χ4v) is 5.96. The van der Waals surface area contributed by atoms with Gasteiger partial charge in [-0.2, -0.15) is 4.31 Å². The van der Waals surface area contributed by atoms with Crippen molar-refractivity contribution >= 4 is 38.9 Å². The predicted molar refractivity (Wildman–Crippen MR) is 118 cm³/mol. The minimum atomic E-state index is -3.57. The van der Waals surface area contributed by atoms with Gasteiger partial charge in [0.25, 0.3) is 5.91 Å². The summed E-state index contributed by atoms with van der Waals surface area (Å²) in [7, 11) is -3.57. The van der Waals surface area contributed by atoms with Crippen LogP contribution in [0, 0.1) is 11.8 Å². The van der Waals surface area contributed by atoms with Crippen molar-refractivity contribution in [1.82, 2.24) is 9.62 Å². The SMILES string of the molecule is C[C@@H]1C[C@@H](C)CN(S(=O)(=O)c2ccc(NC(=O)[C@H](C)NC(=O)c3cccs3)cc2)C1. The third-order valence-corrected chi connectivity index (χ3v) is 7.80. The van der Waals surface area contributed by atoms with E-state index in [2.05, 4.69) is 24.5 Å². The maximum absolute atomic E-state index is 12.9. The summed E-state index contributed by atoms with van der Waals surface area (Å²) in [6.07, 6.45) is 1.03. The fourth-order valence-electron chi connectivity index (χ4n) is 3.65. The highest BCUT2D eigenvalue weighted by Crippen LogP contribution is 2.27. The number of sulfonamides is 1. The second-order valence-electron chi connectivity index (χ2n) is 7.95. The summed E-state index contributed by atoms with van der Waals surface area (Å²) < 4.78 is 27.4. The summed E-state index contributed by atoms with van der Waals surface area (Å²) in [6, 6.07) is 8.86. The maximum Gasteiger partial charge on any atom is 0.261 e. The van der Waals surface area contributed by atoms with Crippen molar-refractivity contribution in [3.63, 3.8) is 0 Å². The third-order valence-electron chi connectivity index (χ3n) is 5.08. The molecule has 0 unspecified atom stereocenters. The average molecular weight is 450 g/mol. The first-order valence-corrected chi connectivity index (χ1v) is 12.2. The Morgan fingerprint density at radius 3 is 2.30 bits per heavy atom. The van der Waals surface area contributed by atoms with E-state index in [1.165, 1.54) is 23.5 Å². The second kappa shape index (κ2) is 9.28. The quantitative estimate of drug-likeness (QED) is 0.708. The highest BCUT2D eigenvalue weighted by Gasteiger charge is 2.31. The van der Waals surface area contributed by atoms with Crippen molar-refractivity contribution in [2.75, 3.05) is 18.4 Å². The molecule has 1 aliphatic rings. The number of hydrogen-bond acceptors (Lipinski definition) is 5. The van der Waals surface area contributed by atoms with Crippen molar-refractivity contribution in [3.05, 3.63) is 46.7 Å². The zero-order valence-corrected chi connectivity index (χ0v) is 18.9. The van der Waals surface area contributed by atoms with Crippen LogP contribution in [0.5, 0.6) is 0 Å². The summed E-state index contributed by atoms with van der Waals surface area (Å²) >= 11 is 1.30. The molecule has 0 spiro atoms. The van der Waals surface area contributed by atoms with E-state index >= 15 is 0 Å². The van der Waals surface area contributed by atoms with Gasteiger partial charge in [-0.1, -0.05) is 19.9 Å². The third kappa shape index (κ3) is 5.27. The van der Waals surface area contributed by atoms with Crippen LogP contribution >= 0.6 is 11.3 Å². The number of benzene rings is 1. The zero-order chi connectivity index (χ0) is 21.9. The number of nitrogens with one attached hydrogen (secondary N) is 2. The highest BCUT2D eigenvalue weighted by atomic mass is 32.2. The summed E-state index contributed by atoms with van der Waals surface area (Å²) in [4.78, 5) is 25.2. The predicted octanol–water partition coefficient (Wildman–Crippen LogP) is 3.17. The van der Waals surface area contributed by atoms with Crippen LogP contribution in [0.1, 0.15) is 36.9 Å². The van der Waals surface area contributed by atoms with Gasteiger partial charge in [-0.05, 0) is 60.9 Å². The van der Waals surface area contributed by atoms with Crippen molar-refractivity contribution in [2.45, 2.75) is 38.1 Å². The van der Waals surface area contributed by atoms with Crippen LogP contribution < -0.4 is 10.6 Å². The minimum absolute atomic E-state index is 0.209. The summed E-state index contributed by atoms with van der Waals surface area (Å²) in [5, 5.41) is 7.14. The van der Waals surface area contributed by atoms with Gasteiger partial charge in [0.15, 0.2) is 0 Å². The molecule has 2 heterocycles. The van der Waals surface area contributed by atoms with Crippen molar-refractivity contribution in [3.8, 4) is 0 Å². The molecule has 7 nitrogen and oxygen atoms in total. The van der Waals surface area contributed by atoms with Gasteiger partial charge in [0.1, 0.15) is 6.04 Å². The molecule has 2 N–H and O–H groups in total. The number of hydrogen-bond donors (Lipinski definition) is 2. The minimum Gasteiger partial charge on any atom is -0.340 e. The molecule has 0 aliphatic carbocycles. The summed E-state index contributed by atoms with van der Waals surface area (Å²) in [6.45, 7) is 6.77. The van der Waals surface area contributed by atoms with Crippen molar-refractivity contribution in [2.24, 2.45) is 11.8 Å². The lowest BCUT2D eigenvalue weighted by Crippen LogP contribution is -2.42. The van der Waals surface area contributed by atoms with Crippen LogP contribution in [0.3, 0.4) is 0 Å². The van der Waals surface area contributed by atoms with E-state index in [0.717, 1.165) is 6.42 Å². The number of nitrogens with zero attached hydrogens (tertiary/aromatic N) is 1. The largest absolute Gasteiger partial charge is 0.340 e. The molecule has 0 radical (unpaired) electrons. The monoisotopic (exact) mass is 449 g/mol. The number of carbonyl (C=O) groups is 2. The van der Waals surface area contributed by atoms with Gasteiger partial charge >= 0.3 is 0 Å². The van der Waals surface area contributed by atoms with Crippen LogP contribution in [0.2, 0.25) is 0 Å². The lowest BCUT2D eigenvalue weighted by molar-refractivity contribution is -0.117. The Balaban J connectivity index is 1.62. The summed E-state index contributed by atoms with van der Waals surface area (Å²) in [5.74, 6) is -0.0332. The topological polar surface area (TPSA) is 95.6 Å². The van der Waals surface area contributed by atoms with Crippen LogP contribution in [-0.4, -0.2) is 43.7 Å². The van der Waals surface area contributed by atoms with Crippen molar-refractivity contribution in [1.29, 1.82) is 0 Å². The molecule has 0 bridgehead atoms. The molecule has 162 valence electrons. The molecule has 1 aromatic carbocycles. The van der Waals surface area contributed by atoms with E-state index in [1.807, 2.05) is 0 Å². The molecule has 2 amide bonds. The molecule has 1 aromatic heterocycles. The number of rotatable bonds is 6. The van der Waals surface area contributed by atoms with E-state index in [0.29, 0.717) is 35.5 Å². The first-order chi connectivity index (χ1) is 14.2. The lowest BCUT2D eigenvalue weighted by atomic mass is 9.94. The van der Waals surface area contributed by atoms with Gasteiger partial charge in [0.2, 0.25) is 15.9 Å². The molecule has 1 aliphatic heterocycles. The van der Waals surface area contributed by atoms with Gasteiger partial charge in [-0.25, -0.2) is 8.42 Å². The van der Waals surface area contributed by atoms with E-state index in [-0.39, 0.29) is 16.7 Å². The molecular weight excluding hydrogens is 422 g/mol. The first kappa shape index (κ1) is 22.5. The Bertz CT molecular complexity index is 978. The van der Waals surface area contributed by atoms with Gasteiger partial charge in [-0.3, -0.25) is 9.59 Å². The van der Waals surface area contributed by atoms with Crippen molar-refractivity contribution < 1.29 is 18.0 Å². The normalized spacial score (nSPS) is 21.0. The first-order valence-electron chi connectivity index (χ1n) is 9.92. The number of anilines is 1. The number of amides is 2. The molecule has 3 rings (SSSR count). The summed E-state index contributed by atoms with van der Waals surface area (Å²) in [5.41, 5.74) is 0.469. The van der Waals surface area contributed by atoms with Crippen LogP contribution in [0.25, 0.3) is 0 Å².